The van der Waals surface area contributed by atoms with Crippen molar-refractivity contribution >= 4 is 11.3 Å². The molecule has 0 aliphatic heterocycles. The fourth-order valence-corrected chi connectivity index (χ4v) is 2.81. The lowest BCUT2D eigenvalue weighted by Gasteiger charge is -2.26. The predicted octanol–water partition coefficient (Wildman–Crippen LogP) is 3.94. The Hall–Kier alpha value is -0.480. The van der Waals surface area contributed by atoms with Crippen LogP contribution >= 0.6 is 11.3 Å². The number of nitrogens with one attached hydrogen (secondary N) is 1. The molecule has 0 spiro atoms. The first kappa shape index (κ1) is 17.6. The summed E-state index contributed by atoms with van der Waals surface area (Å²) in [4.78, 5) is 0. The third-order valence-electron chi connectivity index (χ3n) is 3.76. The lowest BCUT2D eigenvalue weighted by molar-refractivity contribution is 0.259. The van der Waals surface area contributed by atoms with Crippen molar-refractivity contribution < 1.29 is 0 Å². The summed E-state index contributed by atoms with van der Waals surface area (Å²) in [7, 11) is 0. The van der Waals surface area contributed by atoms with E-state index < -0.39 is 0 Å². The van der Waals surface area contributed by atoms with Gasteiger partial charge < -0.3 is 5.32 Å². The first-order valence-corrected chi connectivity index (χ1v) is 8.62. The Kier molecular flexibility index (Phi) is 7.10. The highest BCUT2D eigenvalue weighted by Gasteiger charge is 2.21. The van der Waals surface area contributed by atoms with Crippen molar-refractivity contribution in [2.75, 3.05) is 13.1 Å². The molecule has 1 aromatic heterocycles. The molecule has 0 fully saturated rings. The zero-order valence-electron chi connectivity index (χ0n) is 14.0. The Morgan fingerprint density at radius 1 is 1.10 bits per heavy atom. The first-order valence-electron chi connectivity index (χ1n) is 7.81. The van der Waals surface area contributed by atoms with Crippen molar-refractivity contribution in [3.8, 4) is 0 Å². The van der Waals surface area contributed by atoms with Gasteiger partial charge in [0.25, 0.3) is 0 Å². The van der Waals surface area contributed by atoms with Gasteiger partial charge >= 0.3 is 0 Å². The van der Waals surface area contributed by atoms with E-state index >= 15 is 0 Å². The van der Waals surface area contributed by atoms with Crippen molar-refractivity contribution in [2.45, 2.75) is 60.8 Å². The standard InChI is InChI=1S/C16H31N3S/c1-12(2)11-17-9-7-8-14-18-19-15(20-14)10-13(3)16(4,5)6/h12-13,17H,7-11H2,1-6H3. The monoisotopic (exact) mass is 297 g/mol. The molecule has 0 amide bonds. The zero-order chi connectivity index (χ0) is 15.2. The fraction of sp³-hybridized carbons (Fsp3) is 0.875. The van der Waals surface area contributed by atoms with Crippen LogP contribution in [0.15, 0.2) is 0 Å². The molecular weight excluding hydrogens is 266 g/mol. The van der Waals surface area contributed by atoms with Crippen LogP contribution in [0.25, 0.3) is 0 Å². The normalized spacial score (nSPS) is 13.9. The van der Waals surface area contributed by atoms with Crippen LogP contribution in [0.2, 0.25) is 0 Å². The predicted molar refractivity (Wildman–Crippen MR) is 88.3 cm³/mol. The molecule has 0 radical (unpaired) electrons. The Morgan fingerprint density at radius 3 is 2.35 bits per heavy atom. The van der Waals surface area contributed by atoms with E-state index in [0.29, 0.717) is 11.3 Å². The van der Waals surface area contributed by atoms with Gasteiger partial charge in [-0.15, -0.1) is 21.5 Å². The number of hydrogen-bond donors (Lipinski definition) is 1. The van der Waals surface area contributed by atoms with Crippen molar-refractivity contribution in [1.82, 2.24) is 15.5 Å². The molecule has 0 aliphatic carbocycles. The minimum Gasteiger partial charge on any atom is -0.316 e. The Labute approximate surface area is 128 Å². The molecule has 1 heterocycles. The van der Waals surface area contributed by atoms with Gasteiger partial charge in [0.1, 0.15) is 10.0 Å². The summed E-state index contributed by atoms with van der Waals surface area (Å²) in [6.45, 7) is 15.8. The highest BCUT2D eigenvalue weighted by Crippen LogP contribution is 2.29. The van der Waals surface area contributed by atoms with E-state index in [9.17, 15) is 0 Å². The lowest BCUT2D eigenvalue weighted by atomic mass is 9.80. The maximum atomic E-state index is 4.34. The number of aromatic nitrogens is 2. The largest absolute Gasteiger partial charge is 0.316 e. The van der Waals surface area contributed by atoms with Crippen LogP contribution in [0, 0.1) is 17.3 Å². The summed E-state index contributed by atoms with van der Waals surface area (Å²) < 4.78 is 0. The number of rotatable bonds is 8. The Morgan fingerprint density at radius 2 is 1.75 bits per heavy atom. The smallest absolute Gasteiger partial charge is 0.117 e. The molecule has 1 aromatic rings. The lowest BCUT2D eigenvalue weighted by Crippen LogP contribution is -2.21. The van der Waals surface area contributed by atoms with E-state index in [1.54, 1.807) is 11.3 Å². The molecule has 3 nitrogen and oxygen atoms in total. The fourth-order valence-electron chi connectivity index (χ4n) is 1.80. The minimum absolute atomic E-state index is 0.340. The molecule has 20 heavy (non-hydrogen) atoms. The van der Waals surface area contributed by atoms with Gasteiger partial charge in [0, 0.05) is 12.8 Å². The van der Waals surface area contributed by atoms with Crippen molar-refractivity contribution in [2.24, 2.45) is 17.3 Å². The van der Waals surface area contributed by atoms with Crippen LogP contribution in [-0.2, 0) is 12.8 Å². The van der Waals surface area contributed by atoms with Crippen molar-refractivity contribution in [3.05, 3.63) is 10.0 Å². The molecule has 0 saturated carbocycles. The van der Waals surface area contributed by atoms with E-state index in [0.717, 1.165) is 38.3 Å². The van der Waals surface area contributed by atoms with Crippen molar-refractivity contribution in [3.63, 3.8) is 0 Å². The van der Waals surface area contributed by atoms with E-state index in [1.165, 1.54) is 10.0 Å². The number of nitrogens with zero attached hydrogens (tertiary/aromatic N) is 2. The first-order chi connectivity index (χ1) is 9.29. The summed E-state index contributed by atoms with van der Waals surface area (Å²) in [5, 5.41) is 14.5. The summed E-state index contributed by atoms with van der Waals surface area (Å²) in [6.07, 6.45) is 3.25. The molecule has 1 atom stereocenters. The summed E-state index contributed by atoms with van der Waals surface area (Å²) in [5.74, 6) is 1.36. The molecule has 1 unspecified atom stereocenters. The Bertz CT molecular complexity index is 379. The van der Waals surface area contributed by atoms with Crippen LogP contribution in [-0.4, -0.2) is 23.3 Å². The maximum absolute atomic E-state index is 4.34. The van der Waals surface area contributed by atoms with Crippen LogP contribution in [0.1, 0.15) is 58.0 Å². The minimum atomic E-state index is 0.340. The molecule has 0 saturated heterocycles. The van der Waals surface area contributed by atoms with Crippen molar-refractivity contribution in [1.29, 1.82) is 0 Å². The van der Waals surface area contributed by atoms with Gasteiger partial charge in [-0.1, -0.05) is 41.5 Å². The average Bonchev–Trinajstić information content (AvgIpc) is 2.74. The van der Waals surface area contributed by atoms with E-state index in [4.69, 9.17) is 0 Å². The van der Waals surface area contributed by atoms with Gasteiger partial charge in [-0.2, -0.15) is 0 Å². The van der Waals surface area contributed by atoms with E-state index in [1.807, 2.05) is 0 Å². The SMILES string of the molecule is CC(C)CNCCCc1nnc(CC(C)C(C)(C)C)s1. The molecule has 1 rings (SSSR count). The van der Waals surface area contributed by atoms with Crippen LogP contribution in [0.3, 0.4) is 0 Å². The second-order valence-corrected chi connectivity index (χ2v) is 8.41. The maximum Gasteiger partial charge on any atom is 0.117 e. The molecular formula is C16H31N3S. The summed E-state index contributed by atoms with van der Waals surface area (Å²) >= 11 is 1.79. The summed E-state index contributed by atoms with van der Waals surface area (Å²) in [6, 6.07) is 0. The number of hydrogen-bond acceptors (Lipinski definition) is 4. The van der Waals surface area contributed by atoms with Gasteiger partial charge in [0.15, 0.2) is 0 Å². The third-order valence-corrected chi connectivity index (χ3v) is 4.77. The molecule has 0 aromatic carbocycles. The average molecular weight is 298 g/mol. The molecule has 0 aliphatic rings. The highest BCUT2D eigenvalue weighted by atomic mass is 32.1. The quantitative estimate of drug-likeness (QED) is 0.739. The Balaban J connectivity index is 2.29. The second-order valence-electron chi connectivity index (χ2n) is 7.26. The van der Waals surface area contributed by atoms with Crippen LogP contribution < -0.4 is 5.32 Å². The topological polar surface area (TPSA) is 37.8 Å². The highest BCUT2D eigenvalue weighted by molar-refractivity contribution is 7.11. The van der Waals surface area contributed by atoms with Gasteiger partial charge in [0.05, 0.1) is 0 Å². The van der Waals surface area contributed by atoms with Gasteiger partial charge in [-0.05, 0) is 36.8 Å². The zero-order valence-corrected chi connectivity index (χ0v) is 14.8. The van der Waals surface area contributed by atoms with Gasteiger partial charge in [-0.25, -0.2) is 0 Å². The molecule has 1 N–H and O–H groups in total. The van der Waals surface area contributed by atoms with E-state index in [-0.39, 0.29) is 0 Å². The van der Waals surface area contributed by atoms with Crippen LogP contribution in [0.5, 0.6) is 0 Å². The van der Waals surface area contributed by atoms with Gasteiger partial charge in [0.2, 0.25) is 0 Å². The number of aryl methyl sites for hydroxylation is 1. The van der Waals surface area contributed by atoms with E-state index in [2.05, 4.69) is 57.1 Å². The molecule has 4 heteroatoms. The van der Waals surface area contributed by atoms with Gasteiger partial charge in [-0.3, -0.25) is 0 Å². The molecule has 0 bridgehead atoms. The third kappa shape index (κ3) is 6.80. The molecule has 116 valence electrons. The summed E-state index contributed by atoms with van der Waals surface area (Å²) in [5.41, 5.74) is 0.340. The second kappa shape index (κ2) is 8.08. The van der Waals surface area contributed by atoms with Crippen LogP contribution in [0.4, 0.5) is 0 Å².